The van der Waals surface area contributed by atoms with Gasteiger partial charge in [0.05, 0.1) is 9.95 Å². The SMILES string of the molecule is Cc1ccc(Nc2ncnc(NNC(=O)COc3ccc(Cl)cc3Cl)c2[N+](=O)[O-])nc1. The number of hydrogen-bond acceptors (Lipinski definition) is 9. The van der Waals surface area contributed by atoms with Gasteiger partial charge in [0.1, 0.15) is 17.9 Å². The van der Waals surface area contributed by atoms with Crippen LogP contribution >= 0.6 is 23.2 Å². The highest BCUT2D eigenvalue weighted by Crippen LogP contribution is 2.30. The minimum Gasteiger partial charge on any atom is -0.482 e. The van der Waals surface area contributed by atoms with Gasteiger partial charge in [-0.3, -0.25) is 25.8 Å². The quantitative estimate of drug-likeness (QED) is 0.336. The molecule has 0 fully saturated rings. The third-order valence-corrected chi connectivity index (χ3v) is 4.27. The molecule has 0 spiro atoms. The van der Waals surface area contributed by atoms with E-state index in [1.165, 1.54) is 12.1 Å². The zero-order valence-corrected chi connectivity index (χ0v) is 17.4. The maximum absolute atomic E-state index is 12.1. The number of anilines is 3. The number of carbonyl (C=O) groups is 1. The summed E-state index contributed by atoms with van der Waals surface area (Å²) in [7, 11) is 0. The molecule has 0 atom stereocenters. The Morgan fingerprint density at radius 2 is 1.94 bits per heavy atom. The number of nitro groups is 1. The van der Waals surface area contributed by atoms with Crippen molar-refractivity contribution in [3.63, 3.8) is 0 Å². The topological polar surface area (TPSA) is 144 Å². The summed E-state index contributed by atoms with van der Waals surface area (Å²) in [6, 6.07) is 7.97. The molecule has 0 saturated carbocycles. The van der Waals surface area contributed by atoms with Crippen molar-refractivity contribution in [2.24, 2.45) is 0 Å². The number of pyridine rings is 1. The number of nitrogens with one attached hydrogen (secondary N) is 3. The van der Waals surface area contributed by atoms with Crippen molar-refractivity contribution in [1.29, 1.82) is 0 Å². The van der Waals surface area contributed by atoms with Crippen LogP contribution in [0.4, 0.5) is 23.1 Å². The first kappa shape index (κ1) is 22.0. The van der Waals surface area contributed by atoms with Gasteiger partial charge < -0.3 is 10.1 Å². The minimum absolute atomic E-state index is 0.0997. The summed E-state index contributed by atoms with van der Waals surface area (Å²) in [6.07, 6.45) is 2.70. The summed E-state index contributed by atoms with van der Waals surface area (Å²) in [5.41, 5.74) is 5.12. The van der Waals surface area contributed by atoms with Gasteiger partial charge in [0, 0.05) is 11.2 Å². The first-order valence-electron chi connectivity index (χ1n) is 8.65. The zero-order valence-electron chi connectivity index (χ0n) is 15.9. The van der Waals surface area contributed by atoms with E-state index in [0.717, 1.165) is 11.9 Å². The Kier molecular flexibility index (Phi) is 7.00. The second kappa shape index (κ2) is 9.87. The molecule has 0 aliphatic rings. The number of nitrogens with zero attached hydrogens (tertiary/aromatic N) is 4. The van der Waals surface area contributed by atoms with Crippen molar-refractivity contribution in [3.8, 4) is 5.75 Å². The molecule has 0 unspecified atom stereocenters. The summed E-state index contributed by atoms with van der Waals surface area (Å²) in [5.74, 6) is -0.347. The third kappa shape index (κ3) is 5.90. The maximum Gasteiger partial charge on any atom is 0.355 e. The number of ether oxygens (including phenoxy) is 1. The van der Waals surface area contributed by atoms with Crippen LogP contribution < -0.4 is 20.9 Å². The molecule has 2 heterocycles. The minimum atomic E-state index is -0.686. The number of carbonyl (C=O) groups excluding carboxylic acids is 1. The van der Waals surface area contributed by atoms with Crippen LogP contribution in [-0.4, -0.2) is 32.4 Å². The Balaban J connectivity index is 1.67. The van der Waals surface area contributed by atoms with Gasteiger partial charge in [0.2, 0.25) is 11.6 Å². The van der Waals surface area contributed by atoms with E-state index in [1.54, 1.807) is 24.4 Å². The van der Waals surface area contributed by atoms with Crippen LogP contribution in [0.2, 0.25) is 10.0 Å². The van der Waals surface area contributed by atoms with Crippen LogP contribution in [0, 0.1) is 17.0 Å². The molecule has 0 aliphatic carbocycles. The van der Waals surface area contributed by atoms with Gasteiger partial charge in [-0.15, -0.1) is 0 Å². The summed E-state index contributed by atoms with van der Waals surface area (Å²) in [4.78, 5) is 34.8. The first-order valence-corrected chi connectivity index (χ1v) is 9.41. The van der Waals surface area contributed by atoms with Crippen LogP contribution in [0.3, 0.4) is 0 Å². The molecule has 0 bridgehead atoms. The number of rotatable bonds is 8. The fourth-order valence-electron chi connectivity index (χ4n) is 2.30. The highest BCUT2D eigenvalue weighted by atomic mass is 35.5. The number of aryl methyl sites for hydroxylation is 1. The molecule has 3 rings (SSSR count). The van der Waals surface area contributed by atoms with Gasteiger partial charge in [-0.1, -0.05) is 29.3 Å². The van der Waals surface area contributed by atoms with Gasteiger partial charge in [0.25, 0.3) is 5.91 Å². The number of amides is 1. The Labute approximate surface area is 185 Å². The largest absolute Gasteiger partial charge is 0.482 e. The van der Waals surface area contributed by atoms with Crippen molar-refractivity contribution >= 4 is 52.3 Å². The molecule has 1 amide bonds. The standard InChI is InChI=1S/C18H15Cl2N7O4/c1-10-2-5-14(21-7-10)24-17-16(27(29)30)18(23-9-22-17)26-25-15(28)8-31-13-4-3-11(19)6-12(13)20/h2-7,9H,8H2,1H3,(H,25,28)(H2,21,22,23,24,26). The van der Waals surface area contributed by atoms with Crippen molar-refractivity contribution in [2.45, 2.75) is 6.92 Å². The lowest BCUT2D eigenvalue weighted by molar-refractivity contribution is -0.383. The van der Waals surface area contributed by atoms with Crippen LogP contribution in [-0.2, 0) is 4.79 Å². The van der Waals surface area contributed by atoms with E-state index >= 15 is 0 Å². The van der Waals surface area contributed by atoms with Crippen molar-refractivity contribution < 1.29 is 14.5 Å². The second-order valence-electron chi connectivity index (χ2n) is 6.06. The van der Waals surface area contributed by atoms with E-state index in [2.05, 4.69) is 31.1 Å². The third-order valence-electron chi connectivity index (χ3n) is 3.74. The second-order valence-corrected chi connectivity index (χ2v) is 6.90. The molecule has 3 aromatic rings. The van der Waals surface area contributed by atoms with Gasteiger partial charge in [-0.25, -0.2) is 15.0 Å². The monoisotopic (exact) mass is 463 g/mol. The highest BCUT2D eigenvalue weighted by Gasteiger charge is 2.24. The van der Waals surface area contributed by atoms with E-state index < -0.39 is 23.1 Å². The molecule has 11 nitrogen and oxygen atoms in total. The van der Waals surface area contributed by atoms with E-state index in [-0.39, 0.29) is 22.4 Å². The Bertz CT molecular complexity index is 1110. The van der Waals surface area contributed by atoms with E-state index in [1.807, 2.05) is 6.92 Å². The number of hydrogen-bond donors (Lipinski definition) is 3. The number of benzene rings is 1. The van der Waals surface area contributed by atoms with Crippen LogP contribution in [0.5, 0.6) is 5.75 Å². The lowest BCUT2D eigenvalue weighted by atomic mass is 10.3. The predicted molar refractivity (Wildman–Crippen MR) is 115 cm³/mol. The van der Waals surface area contributed by atoms with Gasteiger partial charge in [-0.2, -0.15) is 0 Å². The number of halogens is 2. The van der Waals surface area contributed by atoms with Crippen LogP contribution in [0.1, 0.15) is 5.56 Å². The normalized spacial score (nSPS) is 10.3. The van der Waals surface area contributed by atoms with Crippen molar-refractivity contribution in [2.75, 3.05) is 17.3 Å². The fraction of sp³-hybridized carbons (Fsp3) is 0.111. The molecule has 31 heavy (non-hydrogen) atoms. The summed E-state index contributed by atoms with van der Waals surface area (Å²) in [6.45, 7) is 1.45. The van der Waals surface area contributed by atoms with Crippen molar-refractivity contribution in [1.82, 2.24) is 20.4 Å². The maximum atomic E-state index is 12.1. The van der Waals surface area contributed by atoms with Crippen LogP contribution in [0.15, 0.2) is 42.9 Å². The Morgan fingerprint density at radius 3 is 2.61 bits per heavy atom. The molecule has 3 N–H and O–H groups in total. The Hall–Kier alpha value is -3.70. The number of aromatic nitrogens is 3. The smallest absolute Gasteiger partial charge is 0.355 e. The molecule has 160 valence electrons. The average Bonchev–Trinajstić information content (AvgIpc) is 2.73. The molecule has 0 saturated heterocycles. The van der Waals surface area contributed by atoms with Gasteiger partial charge in [-0.05, 0) is 36.8 Å². The van der Waals surface area contributed by atoms with Crippen LogP contribution in [0.25, 0.3) is 0 Å². The zero-order chi connectivity index (χ0) is 22.4. The molecule has 0 radical (unpaired) electrons. The lowest BCUT2D eigenvalue weighted by Gasteiger charge is -2.11. The molecule has 2 aromatic heterocycles. The van der Waals surface area contributed by atoms with Gasteiger partial charge in [0.15, 0.2) is 6.61 Å². The molecule has 13 heteroatoms. The highest BCUT2D eigenvalue weighted by molar-refractivity contribution is 6.35. The van der Waals surface area contributed by atoms with E-state index in [0.29, 0.717) is 10.8 Å². The molecular weight excluding hydrogens is 449 g/mol. The first-order chi connectivity index (χ1) is 14.8. The predicted octanol–water partition coefficient (Wildman–Crippen LogP) is 3.66. The number of hydrazine groups is 1. The average molecular weight is 464 g/mol. The summed E-state index contributed by atoms with van der Waals surface area (Å²) < 4.78 is 5.30. The van der Waals surface area contributed by atoms with E-state index in [9.17, 15) is 14.9 Å². The van der Waals surface area contributed by atoms with E-state index in [4.69, 9.17) is 27.9 Å². The fourth-order valence-corrected chi connectivity index (χ4v) is 2.76. The summed E-state index contributed by atoms with van der Waals surface area (Å²) in [5, 5.41) is 15.0. The molecule has 1 aromatic carbocycles. The van der Waals surface area contributed by atoms with Gasteiger partial charge >= 0.3 is 5.69 Å². The van der Waals surface area contributed by atoms with Crippen molar-refractivity contribution in [3.05, 3.63) is 68.6 Å². The molecular formula is C18H15Cl2N7O4. The Morgan fingerprint density at radius 1 is 1.16 bits per heavy atom. The summed E-state index contributed by atoms with van der Waals surface area (Å²) >= 11 is 11.8. The lowest BCUT2D eigenvalue weighted by Crippen LogP contribution is -2.34. The molecule has 0 aliphatic heterocycles.